The molecule has 5 nitrogen and oxygen atoms in total. The minimum atomic E-state index is -0.626. The van der Waals surface area contributed by atoms with Gasteiger partial charge in [-0.05, 0) is 30.7 Å². The van der Waals surface area contributed by atoms with Crippen LogP contribution in [0, 0.1) is 6.92 Å². The zero-order chi connectivity index (χ0) is 16.6. The maximum absolute atomic E-state index is 12.5. The van der Waals surface area contributed by atoms with E-state index in [1.807, 2.05) is 19.1 Å². The summed E-state index contributed by atoms with van der Waals surface area (Å²) in [6, 6.07) is 14.2. The summed E-state index contributed by atoms with van der Waals surface area (Å²) >= 11 is 0. The van der Waals surface area contributed by atoms with Crippen LogP contribution >= 0.6 is 0 Å². The molecule has 0 bridgehead atoms. The summed E-state index contributed by atoms with van der Waals surface area (Å²) in [5, 5.41) is 13.7. The summed E-state index contributed by atoms with van der Waals surface area (Å²) < 4.78 is 1.38. The zero-order valence-electron chi connectivity index (χ0n) is 12.8. The van der Waals surface area contributed by atoms with Gasteiger partial charge in [-0.2, -0.15) is 0 Å². The fourth-order valence-corrected chi connectivity index (χ4v) is 2.66. The third kappa shape index (κ3) is 2.46. The van der Waals surface area contributed by atoms with Gasteiger partial charge in [-0.15, -0.1) is 0 Å². The molecule has 0 aliphatic heterocycles. The van der Waals surface area contributed by atoms with Crippen molar-refractivity contribution in [1.29, 1.82) is 0 Å². The molecule has 3 rings (SSSR count). The molecule has 2 N–H and O–H groups in total. The quantitative estimate of drug-likeness (QED) is 0.764. The first-order chi connectivity index (χ1) is 11.0. The van der Waals surface area contributed by atoms with E-state index in [-0.39, 0.29) is 11.3 Å². The Balaban J connectivity index is 2.20. The van der Waals surface area contributed by atoms with Crippen LogP contribution < -0.4 is 10.9 Å². The van der Waals surface area contributed by atoms with Gasteiger partial charge in [0.25, 0.3) is 11.5 Å². The van der Waals surface area contributed by atoms with Crippen LogP contribution in [0.1, 0.15) is 15.9 Å². The number of para-hydroxylation sites is 1. The van der Waals surface area contributed by atoms with E-state index in [4.69, 9.17) is 0 Å². The molecule has 0 aliphatic carbocycles. The molecule has 1 aromatic heterocycles. The molecule has 0 spiro atoms. The van der Waals surface area contributed by atoms with Gasteiger partial charge in [0, 0.05) is 18.1 Å². The predicted octanol–water partition coefficient (Wildman–Crippen LogP) is 2.80. The lowest BCUT2D eigenvalue weighted by Gasteiger charge is -2.13. The molecule has 0 aliphatic rings. The van der Waals surface area contributed by atoms with Crippen LogP contribution in [0.3, 0.4) is 0 Å². The van der Waals surface area contributed by atoms with Gasteiger partial charge in [-0.25, -0.2) is 0 Å². The lowest BCUT2D eigenvalue weighted by atomic mass is 10.0. The molecular weight excluding hydrogens is 292 g/mol. The number of benzene rings is 2. The molecule has 0 saturated heterocycles. The molecule has 1 heterocycles. The lowest BCUT2D eigenvalue weighted by Crippen LogP contribution is -2.28. The number of pyridine rings is 1. The van der Waals surface area contributed by atoms with Gasteiger partial charge in [0.15, 0.2) is 0 Å². The Kier molecular flexibility index (Phi) is 3.62. The van der Waals surface area contributed by atoms with E-state index in [9.17, 15) is 14.7 Å². The largest absolute Gasteiger partial charge is 0.506 e. The van der Waals surface area contributed by atoms with Crippen molar-refractivity contribution < 1.29 is 9.90 Å². The summed E-state index contributed by atoms with van der Waals surface area (Å²) in [6.07, 6.45) is 0. The van der Waals surface area contributed by atoms with Gasteiger partial charge < -0.3 is 15.0 Å². The van der Waals surface area contributed by atoms with E-state index in [2.05, 4.69) is 5.32 Å². The van der Waals surface area contributed by atoms with Crippen molar-refractivity contribution in [3.63, 3.8) is 0 Å². The molecule has 5 heteroatoms. The van der Waals surface area contributed by atoms with Crippen molar-refractivity contribution in [1.82, 2.24) is 4.57 Å². The van der Waals surface area contributed by atoms with Crippen molar-refractivity contribution in [3.05, 3.63) is 70.0 Å². The number of aromatic nitrogens is 1. The van der Waals surface area contributed by atoms with E-state index in [1.54, 1.807) is 43.4 Å². The highest BCUT2D eigenvalue weighted by atomic mass is 16.3. The van der Waals surface area contributed by atoms with E-state index < -0.39 is 11.5 Å². The first-order valence-corrected chi connectivity index (χ1v) is 7.18. The molecule has 23 heavy (non-hydrogen) atoms. The molecule has 1 amide bonds. The SMILES string of the molecule is Cc1cccc2c1c(O)c(C(=O)Nc1ccccc1)c(=O)n2C. The number of nitrogens with zero attached hydrogens (tertiary/aromatic N) is 1. The average Bonchev–Trinajstić information content (AvgIpc) is 2.53. The van der Waals surface area contributed by atoms with Crippen LogP contribution in [-0.4, -0.2) is 15.6 Å². The van der Waals surface area contributed by atoms with Crippen LogP contribution in [0.5, 0.6) is 5.75 Å². The second-order valence-electron chi connectivity index (χ2n) is 5.38. The maximum Gasteiger partial charge on any atom is 0.267 e. The van der Waals surface area contributed by atoms with Crippen LogP contribution in [-0.2, 0) is 7.05 Å². The highest BCUT2D eigenvalue weighted by Crippen LogP contribution is 2.29. The number of rotatable bonds is 2. The number of carbonyl (C=O) groups is 1. The third-order valence-corrected chi connectivity index (χ3v) is 3.86. The van der Waals surface area contributed by atoms with Crippen LogP contribution in [0.15, 0.2) is 53.3 Å². The van der Waals surface area contributed by atoms with Crippen molar-refractivity contribution in [2.24, 2.45) is 7.05 Å². The highest BCUT2D eigenvalue weighted by molar-refractivity contribution is 6.09. The first kappa shape index (κ1) is 14.8. The number of hydrogen-bond acceptors (Lipinski definition) is 3. The molecule has 3 aromatic rings. The van der Waals surface area contributed by atoms with Gasteiger partial charge in [0.2, 0.25) is 0 Å². The standard InChI is InChI=1S/C18H16N2O3/c1-11-7-6-10-13-14(11)16(21)15(18(23)20(13)2)17(22)19-12-8-4-3-5-9-12/h3-10,21H,1-2H3,(H,19,22). The molecule has 0 fully saturated rings. The van der Waals surface area contributed by atoms with Gasteiger partial charge in [0.1, 0.15) is 11.3 Å². The maximum atomic E-state index is 12.5. The van der Waals surface area contributed by atoms with Crippen molar-refractivity contribution in [3.8, 4) is 5.75 Å². The molecule has 2 aromatic carbocycles. The normalized spacial score (nSPS) is 10.7. The Morgan fingerprint density at radius 2 is 1.78 bits per heavy atom. The summed E-state index contributed by atoms with van der Waals surface area (Å²) in [5.74, 6) is -0.908. The van der Waals surface area contributed by atoms with E-state index in [1.165, 1.54) is 4.57 Å². The third-order valence-electron chi connectivity index (χ3n) is 3.86. The fourth-order valence-electron chi connectivity index (χ4n) is 2.66. The van der Waals surface area contributed by atoms with Gasteiger partial charge in [0.05, 0.1) is 5.52 Å². The Morgan fingerprint density at radius 1 is 1.09 bits per heavy atom. The van der Waals surface area contributed by atoms with Crippen LogP contribution in [0.25, 0.3) is 10.9 Å². The van der Waals surface area contributed by atoms with Crippen LogP contribution in [0.4, 0.5) is 5.69 Å². The summed E-state index contributed by atoms with van der Waals surface area (Å²) in [5.41, 5.74) is 1.16. The van der Waals surface area contributed by atoms with Crippen molar-refractivity contribution in [2.45, 2.75) is 6.92 Å². The van der Waals surface area contributed by atoms with E-state index >= 15 is 0 Å². The smallest absolute Gasteiger partial charge is 0.267 e. The summed E-state index contributed by atoms with van der Waals surface area (Å²) in [4.78, 5) is 25.0. The van der Waals surface area contributed by atoms with Crippen molar-refractivity contribution in [2.75, 3.05) is 5.32 Å². The number of hydrogen-bond donors (Lipinski definition) is 2. The molecule has 116 valence electrons. The molecule has 0 radical (unpaired) electrons. The molecule has 0 unspecified atom stereocenters. The number of nitrogens with one attached hydrogen (secondary N) is 1. The minimum Gasteiger partial charge on any atom is -0.506 e. The number of aromatic hydroxyl groups is 1. The predicted molar refractivity (Wildman–Crippen MR) is 90.0 cm³/mol. The topological polar surface area (TPSA) is 71.3 Å². The first-order valence-electron chi connectivity index (χ1n) is 7.18. The zero-order valence-corrected chi connectivity index (χ0v) is 12.8. The Bertz CT molecular complexity index is 959. The van der Waals surface area contributed by atoms with Gasteiger partial charge in [-0.3, -0.25) is 9.59 Å². The fraction of sp³-hybridized carbons (Fsp3) is 0.111. The molecule has 0 atom stereocenters. The number of fused-ring (bicyclic) bond motifs is 1. The van der Waals surface area contributed by atoms with E-state index in [0.29, 0.717) is 16.6 Å². The Labute approximate surface area is 132 Å². The average molecular weight is 308 g/mol. The number of carbonyl (C=O) groups excluding carboxylic acids is 1. The number of anilines is 1. The minimum absolute atomic E-state index is 0.252. The number of amides is 1. The number of aryl methyl sites for hydroxylation is 2. The second kappa shape index (κ2) is 5.61. The molecular formula is C18H16N2O3. The molecule has 0 saturated carbocycles. The van der Waals surface area contributed by atoms with Gasteiger partial charge in [-0.1, -0.05) is 30.3 Å². The lowest BCUT2D eigenvalue weighted by molar-refractivity contribution is 0.102. The van der Waals surface area contributed by atoms with Crippen LogP contribution in [0.2, 0.25) is 0 Å². The monoisotopic (exact) mass is 308 g/mol. The Hall–Kier alpha value is -3.08. The van der Waals surface area contributed by atoms with Crippen molar-refractivity contribution >= 4 is 22.5 Å². The highest BCUT2D eigenvalue weighted by Gasteiger charge is 2.22. The van der Waals surface area contributed by atoms with Gasteiger partial charge >= 0.3 is 0 Å². The summed E-state index contributed by atoms with van der Waals surface area (Å²) in [6.45, 7) is 1.82. The van der Waals surface area contributed by atoms with E-state index in [0.717, 1.165) is 5.56 Å². The second-order valence-corrected chi connectivity index (χ2v) is 5.38. The summed E-state index contributed by atoms with van der Waals surface area (Å²) in [7, 11) is 1.59. The Morgan fingerprint density at radius 3 is 2.48 bits per heavy atom.